The number of carbonyl (C=O) groups excluding carboxylic acids is 1. The van der Waals surface area contributed by atoms with Crippen LogP contribution in [0, 0.1) is 5.82 Å². The zero-order valence-electron chi connectivity index (χ0n) is 9.59. The number of carbonyl (C=O) groups is 1. The van der Waals surface area contributed by atoms with Gasteiger partial charge in [-0.1, -0.05) is 35.0 Å². The minimum absolute atomic E-state index is 0.174. The van der Waals surface area contributed by atoms with Gasteiger partial charge in [-0.15, -0.1) is 0 Å². The van der Waals surface area contributed by atoms with Gasteiger partial charge in [0.2, 0.25) is 0 Å². The largest absolute Gasteiger partial charge is 0.365 e. The highest BCUT2D eigenvalue weighted by Crippen LogP contribution is 2.08. The van der Waals surface area contributed by atoms with E-state index in [9.17, 15) is 9.18 Å². The molecule has 0 N–H and O–H groups in total. The summed E-state index contributed by atoms with van der Waals surface area (Å²) in [6.07, 6.45) is 2.50. The molecule has 0 atom stereocenters. The van der Waals surface area contributed by atoms with Crippen LogP contribution in [0.15, 0.2) is 47.8 Å². The molecule has 96 valence electrons. The van der Waals surface area contributed by atoms with Gasteiger partial charge < -0.3 is 4.84 Å². The highest BCUT2D eigenvalue weighted by atomic mass is 35.5. The average Bonchev–Trinajstić information content (AvgIpc) is 2.41. The van der Waals surface area contributed by atoms with Gasteiger partial charge in [0.1, 0.15) is 11.0 Å². The summed E-state index contributed by atoms with van der Waals surface area (Å²) in [6.45, 7) is 0. The molecule has 0 aliphatic heterocycles. The van der Waals surface area contributed by atoms with Crippen LogP contribution in [0.25, 0.3) is 0 Å². The Bertz CT molecular complexity index is 632. The van der Waals surface area contributed by atoms with E-state index in [1.54, 1.807) is 12.1 Å². The number of benzene rings is 1. The first-order valence-corrected chi connectivity index (χ1v) is 5.65. The molecule has 0 fully saturated rings. The summed E-state index contributed by atoms with van der Waals surface area (Å²) in [5, 5.41) is 3.60. The van der Waals surface area contributed by atoms with Crippen LogP contribution in [0.1, 0.15) is 15.9 Å². The normalized spacial score (nSPS) is 10.6. The molecule has 2 aromatic rings. The van der Waals surface area contributed by atoms with Crippen LogP contribution in [-0.2, 0) is 4.84 Å². The maximum atomic E-state index is 13.2. The molecule has 2 rings (SSSR count). The lowest BCUT2D eigenvalue weighted by Gasteiger charge is -1.98. The van der Waals surface area contributed by atoms with Crippen molar-refractivity contribution in [2.24, 2.45) is 5.16 Å². The number of pyridine rings is 1. The molecule has 0 saturated carbocycles. The molecule has 6 heteroatoms. The van der Waals surface area contributed by atoms with E-state index in [-0.39, 0.29) is 16.3 Å². The minimum atomic E-state index is -0.697. The Morgan fingerprint density at radius 3 is 2.89 bits per heavy atom. The summed E-state index contributed by atoms with van der Waals surface area (Å²) in [7, 11) is 0. The van der Waals surface area contributed by atoms with E-state index in [0.29, 0.717) is 0 Å². The van der Waals surface area contributed by atoms with E-state index in [2.05, 4.69) is 15.0 Å². The monoisotopic (exact) mass is 278 g/mol. The van der Waals surface area contributed by atoms with Crippen molar-refractivity contribution >= 4 is 23.8 Å². The molecule has 19 heavy (non-hydrogen) atoms. The van der Waals surface area contributed by atoms with Crippen molar-refractivity contribution in [2.75, 3.05) is 0 Å². The molecule has 0 aliphatic rings. The van der Waals surface area contributed by atoms with Gasteiger partial charge in [0.05, 0.1) is 11.8 Å². The van der Waals surface area contributed by atoms with Gasteiger partial charge in [-0.25, -0.2) is 14.2 Å². The first-order chi connectivity index (χ1) is 9.16. The molecule has 1 aromatic heterocycles. The SMILES string of the molecule is O=C(O/N=C/c1ccccc1F)c1ccnc(Cl)c1. The number of hydrogen-bond acceptors (Lipinski definition) is 4. The Morgan fingerprint density at radius 2 is 2.16 bits per heavy atom. The summed E-state index contributed by atoms with van der Waals surface area (Å²) in [6, 6.07) is 8.78. The molecular formula is C13H8ClFN2O2. The van der Waals surface area contributed by atoms with Crippen LogP contribution in [0.5, 0.6) is 0 Å². The maximum absolute atomic E-state index is 13.2. The Labute approximate surface area is 113 Å². The van der Waals surface area contributed by atoms with Gasteiger partial charge in [0.15, 0.2) is 0 Å². The second-order valence-corrected chi connectivity index (χ2v) is 3.89. The van der Waals surface area contributed by atoms with E-state index in [4.69, 9.17) is 11.6 Å². The zero-order valence-corrected chi connectivity index (χ0v) is 10.3. The van der Waals surface area contributed by atoms with Crippen molar-refractivity contribution in [1.29, 1.82) is 0 Å². The van der Waals surface area contributed by atoms with E-state index in [1.807, 2.05) is 0 Å². The van der Waals surface area contributed by atoms with Crippen molar-refractivity contribution in [3.63, 3.8) is 0 Å². The van der Waals surface area contributed by atoms with Crippen molar-refractivity contribution in [3.05, 3.63) is 64.7 Å². The molecule has 0 bridgehead atoms. The number of oxime groups is 1. The summed E-state index contributed by atoms with van der Waals surface area (Å²) in [5.74, 6) is -1.15. The second-order valence-electron chi connectivity index (χ2n) is 3.50. The van der Waals surface area contributed by atoms with E-state index >= 15 is 0 Å². The molecule has 0 spiro atoms. The van der Waals surface area contributed by atoms with Crippen molar-refractivity contribution < 1.29 is 14.0 Å². The third-order valence-corrected chi connectivity index (χ3v) is 2.40. The Kier molecular flexibility index (Phi) is 4.20. The van der Waals surface area contributed by atoms with Crippen LogP contribution in [0.2, 0.25) is 5.15 Å². The van der Waals surface area contributed by atoms with E-state index < -0.39 is 11.8 Å². The fraction of sp³-hybridized carbons (Fsp3) is 0. The molecule has 4 nitrogen and oxygen atoms in total. The minimum Gasteiger partial charge on any atom is -0.313 e. The van der Waals surface area contributed by atoms with Gasteiger partial charge in [-0.3, -0.25) is 0 Å². The molecule has 1 aromatic carbocycles. The second kappa shape index (κ2) is 6.06. The number of rotatable bonds is 3. The average molecular weight is 279 g/mol. The lowest BCUT2D eigenvalue weighted by Crippen LogP contribution is -2.01. The fourth-order valence-electron chi connectivity index (χ4n) is 1.29. The Morgan fingerprint density at radius 1 is 1.37 bits per heavy atom. The molecular weight excluding hydrogens is 271 g/mol. The lowest BCUT2D eigenvalue weighted by molar-refractivity contribution is 0.0519. The van der Waals surface area contributed by atoms with Gasteiger partial charge in [-0.05, 0) is 18.2 Å². The molecule has 1 heterocycles. The maximum Gasteiger partial charge on any atom is 0.365 e. The van der Waals surface area contributed by atoms with E-state index in [0.717, 1.165) is 6.21 Å². The topological polar surface area (TPSA) is 51.5 Å². The first kappa shape index (κ1) is 13.2. The van der Waals surface area contributed by atoms with Crippen LogP contribution in [-0.4, -0.2) is 17.2 Å². The molecule has 0 unspecified atom stereocenters. The van der Waals surface area contributed by atoms with Crippen LogP contribution < -0.4 is 0 Å². The highest BCUT2D eigenvalue weighted by molar-refractivity contribution is 6.29. The van der Waals surface area contributed by atoms with Crippen molar-refractivity contribution in [2.45, 2.75) is 0 Å². The summed E-state index contributed by atoms with van der Waals surface area (Å²) < 4.78 is 13.2. The molecule has 0 amide bonds. The number of nitrogens with zero attached hydrogens (tertiary/aromatic N) is 2. The smallest absolute Gasteiger partial charge is 0.313 e. The molecule has 0 radical (unpaired) electrons. The van der Waals surface area contributed by atoms with Crippen molar-refractivity contribution in [3.8, 4) is 0 Å². The van der Waals surface area contributed by atoms with Crippen LogP contribution in [0.3, 0.4) is 0 Å². The Balaban J connectivity index is 2.03. The molecule has 0 saturated heterocycles. The summed E-state index contributed by atoms with van der Waals surface area (Å²) in [4.78, 5) is 19.9. The number of aromatic nitrogens is 1. The summed E-state index contributed by atoms with van der Waals surface area (Å²) in [5.41, 5.74) is 0.439. The quantitative estimate of drug-likeness (QED) is 0.375. The standard InChI is InChI=1S/C13H8ClFN2O2/c14-12-7-9(5-6-16-12)13(18)19-17-8-10-3-1-2-4-11(10)15/h1-8H/b17-8+. The number of hydrogen-bond donors (Lipinski definition) is 0. The predicted octanol–water partition coefficient (Wildman–Crippen LogP) is 3.07. The van der Waals surface area contributed by atoms with Gasteiger partial charge >= 0.3 is 5.97 Å². The highest BCUT2D eigenvalue weighted by Gasteiger charge is 2.07. The predicted molar refractivity (Wildman–Crippen MR) is 68.7 cm³/mol. The Hall–Kier alpha value is -2.27. The fourth-order valence-corrected chi connectivity index (χ4v) is 1.47. The van der Waals surface area contributed by atoms with Gasteiger partial charge in [-0.2, -0.15) is 0 Å². The zero-order chi connectivity index (χ0) is 13.7. The summed E-state index contributed by atoms with van der Waals surface area (Å²) >= 11 is 5.63. The van der Waals surface area contributed by atoms with Crippen LogP contribution >= 0.6 is 11.6 Å². The van der Waals surface area contributed by atoms with Crippen LogP contribution in [0.4, 0.5) is 4.39 Å². The first-order valence-electron chi connectivity index (χ1n) is 5.27. The molecule has 0 aliphatic carbocycles. The van der Waals surface area contributed by atoms with Gasteiger partial charge in [0, 0.05) is 11.8 Å². The third kappa shape index (κ3) is 3.59. The van der Waals surface area contributed by atoms with Gasteiger partial charge in [0.25, 0.3) is 0 Å². The lowest BCUT2D eigenvalue weighted by atomic mass is 10.2. The van der Waals surface area contributed by atoms with Crippen molar-refractivity contribution in [1.82, 2.24) is 4.98 Å². The number of halogens is 2. The third-order valence-electron chi connectivity index (χ3n) is 2.19. The van der Waals surface area contributed by atoms with E-state index in [1.165, 1.54) is 30.5 Å².